The lowest BCUT2D eigenvalue weighted by molar-refractivity contribution is -0.130. The molecule has 140 valence electrons. The van der Waals surface area contributed by atoms with E-state index in [1.54, 1.807) is 0 Å². The van der Waals surface area contributed by atoms with E-state index in [0.29, 0.717) is 6.42 Å². The van der Waals surface area contributed by atoms with Crippen molar-refractivity contribution >= 4 is 11.8 Å². The molecule has 0 unspecified atom stereocenters. The molecule has 0 aromatic carbocycles. The van der Waals surface area contributed by atoms with Crippen LogP contribution in [0.3, 0.4) is 0 Å². The van der Waals surface area contributed by atoms with E-state index in [1.165, 1.54) is 44.9 Å². The van der Waals surface area contributed by atoms with Crippen molar-refractivity contribution in [2.24, 2.45) is 5.41 Å². The maximum absolute atomic E-state index is 12.5. The van der Waals surface area contributed by atoms with Crippen molar-refractivity contribution in [3.8, 4) is 0 Å². The Balaban J connectivity index is 2.20. The molecule has 0 aromatic rings. The number of amides is 2. The molecule has 1 heterocycles. The van der Waals surface area contributed by atoms with E-state index in [4.69, 9.17) is 0 Å². The highest BCUT2D eigenvalue weighted by Crippen LogP contribution is 2.25. The van der Waals surface area contributed by atoms with Crippen molar-refractivity contribution < 1.29 is 9.59 Å². The normalized spacial score (nSPS) is 18.8. The van der Waals surface area contributed by atoms with E-state index in [9.17, 15) is 9.59 Å². The molecule has 0 spiro atoms. The second kappa shape index (κ2) is 11.5. The fraction of sp³-hybridized carbons (Fsp3) is 0.900. The van der Waals surface area contributed by atoms with Gasteiger partial charge in [0.1, 0.15) is 0 Å². The van der Waals surface area contributed by atoms with Crippen LogP contribution in [0.4, 0.5) is 0 Å². The highest BCUT2D eigenvalue weighted by molar-refractivity contribution is 5.83. The van der Waals surface area contributed by atoms with Gasteiger partial charge in [-0.2, -0.15) is 0 Å². The smallest absolute Gasteiger partial charge is 0.225 e. The molecule has 2 N–H and O–H groups in total. The lowest BCUT2D eigenvalue weighted by atomic mass is 9.85. The molecule has 1 aliphatic heterocycles. The predicted molar refractivity (Wildman–Crippen MR) is 99.8 cm³/mol. The summed E-state index contributed by atoms with van der Waals surface area (Å²) in [6, 6.07) is -0.00200. The lowest BCUT2D eigenvalue weighted by Gasteiger charge is -2.26. The van der Waals surface area contributed by atoms with Gasteiger partial charge < -0.3 is 10.6 Å². The standard InChI is InChI=1S/C20H38N2O2/c1-4-5-6-7-8-9-10-11-14-20(2,3)19(24)22-17-13-12-15-21-18(23)16-17/h17H,4-16H2,1-3H3,(H,21,23)(H,22,24)/t17-/m0/s1. The average Bonchev–Trinajstić information content (AvgIpc) is 2.74. The Labute approximate surface area is 148 Å². The number of carbonyl (C=O) groups excluding carboxylic acids is 2. The first kappa shape index (κ1) is 21.0. The summed E-state index contributed by atoms with van der Waals surface area (Å²) in [6.45, 7) is 7.03. The minimum absolute atomic E-state index is 0.00200. The molecule has 1 saturated heterocycles. The van der Waals surface area contributed by atoms with E-state index >= 15 is 0 Å². The van der Waals surface area contributed by atoms with Crippen molar-refractivity contribution in [2.75, 3.05) is 6.54 Å². The number of unbranched alkanes of at least 4 members (excludes halogenated alkanes) is 7. The van der Waals surface area contributed by atoms with Gasteiger partial charge in [0.2, 0.25) is 11.8 Å². The van der Waals surface area contributed by atoms with Crippen LogP contribution in [0, 0.1) is 5.41 Å². The molecule has 0 aliphatic carbocycles. The summed E-state index contributed by atoms with van der Waals surface area (Å²) >= 11 is 0. The fourth-order valence-electron chi connectivity index (χ4n) is 3.29. The van der Waals surface area contributed by atoms with Gasteiger partial charge in [-0.05, 0) is 19.3 Å². The minimum Gasteiger partial charge on any atom is -0.356 e. The molecule has 0 aromatic heterocycles. The van der Waals surface area contributed by atoms with E-state index in [2.05, 4.69) is 17.6 Å². The van der Waals surface area contributed by atoms with Crippen LogP contribution in [0.15, 0.2) is 0 Å². The zero-order valence-electron chi connectivity index (χ0n) is 16.1. The van der Waals surface area contributed by atoms with Gasteiger partial charge in [0.15, 0.2) is 0 Å². The Morgan fingerprint density at radius 1 is 1.12 bits per heavy atom. The quantitative estimate of drug-likeness (QED) is 0.551. The SMILES string of the molecule is CCCCCCCCCCC(C)(C)C(=O)N[C@H]1CCCNC(=O)C1. The van der Waals surface area contributed by atoms with E-state index in [0.717, 1.165) is 32.2 Å². The Morgan fingerprint density at radius 2 is 1.75 bits per heavy atom. The molecule has 0 radical (unpaired) electrons. The zero-order chi connectivity index (χ0) is 17.8. The van der Waals surface area contributed by atoms with E-state index in [-0.39, 0.29) is 23.3 Å². The summed E-state index contributed by atoms with van der Waals surface area (Å²) in [6.07, 6.45) is 13.5. The first-order chi connectivity index (χ1) is 11.5. The van der Waals surface area contributed by atoms with Crippen LogP contribution >= 0.6 is 0 Å². The summed E-state index contributed by atoms with van der Waals surface area (Å²) in [5.74, 6) is 0.156. The van der Waals surface area contributed by atoms with Gasteiger partial charge >= 0.3 is 0 Å². The number of rotatable bonds is 11. The molecular weight excluding hydrogens is 300 g/mol. The molecule has 1 atom stereocenters. The van der Waals surface area contributed by atoms with Crippen LogP contribution in [-0.2, 0) is 9.59 Å². The summed E-state index contributed by atoms with van der Waals surface area (Å²) in [4.78, 5) is 24.1. The van der Waals surface area contributed by atoms with Gasteiger partial charge in [0.05, 0.1) is 0 Å². The molecule has 2 amide bonds. The van der Waals surface area contributed by atoms with Crippen molar-refractivity contribution in [3.63, 3.8) is 0 Å². The molecule has 1 fully saturated rings. The van der Waals surface area contributed by atoms with Crippen molar-refractivity contribution in [1.82, 2.24) is 10.6 Å². The van der Waals surface area contributed by atoms with Crippen LogP contribution in [0.5, 0.6) is 0 Å². The van der Waals surface area contributed by atoms with Crippen molar-refractivity contribution in [2.45, 2.75) is 104 Å². The molecule has 1 aliphatic rings. The van der Waals surface area contributed by atoms with Gasteiger partial charge in [0, 0.05) is 24.4 Å². The molecule has 0 saturated carbocycles. The highest BCUT2D eigenvalue weighted by Gasteiger charge is 2.29. The fourth-order valence-corrected chi connectivity index (χ4v) is 3.29. The second-order valence-electron chi connectivity index (χ2n) is 7.98. The number of nitrogens with one attached hydrogen (secondary N) is 2. The maximum Gasteiger partial charge on any atom is 0.225 e. The molecule has 4 heteroatoms. The Kier molecular flexibility index (Phi) is 10.0. The van der Waals surface area contributed by atoms with Gasteiger partial charge in [-0.25, -0.2) is 0 Å². The number of hydrogen-bond acceptors (Lipinski definition) is 2. The summed E-state index contributed by atoms with van der Waals surface area (Å²) in [5.41, 5.74) is -0.342. The van der Waals surface area contributed by atoms with Gasteiger partial charge in [-0.15, -0.1) is 0 Å². The summed E-state index contributed by atoms with van der Waals surface area (Å²) < 4.78 is 0. The lowest BCUT2D eigenvalue weighted by Crippen LogP contribution is -2.43. The first-order valence-electron chi connectivity index (χ1n) is 10.0. The molecular formula is C20H38N2O2. The van der Waals surface area contributed by atoms with Gasteiger partial charge in [-0.3, -0.25) is 9.59 Å². The van der Waals surface area contributed by atoms with Crippen LogP contribution in [-0.4, -0.2) is 24.4 Å². The minimum atomic E-state index is -0.342. The van der Waals surface area contributed by atoms with E-state index in [1.807, 2.05) is 13.8 Å². The monoisotopic (exact) mass is 338 g/mol. The predicted octanol–water partition coefficient (Wildman–Crippen LogP) is 4.33. The zero-order valence-corrected chi connectivity index (χ0v) is 16.1. The van der Waals surface area contributed by atoms with Crippen LogP contribution < -0.4 is 10.6 Å². The third-order valence-corrected chi connectivity index (χ3v) is 5.09. The Bertz CT molecular complexity index is 380. The van der Waals surface area contributed by atoms with E-state index < -0.39 is 0 Å². The number of carbonyl (C=O) groups is 2. The molecule has 0 bridgehead atoms. The Morgan fingerprint density at radius 3 is 2.42 bits per heavy atom. The first-order valence-corrected chi connectivity index (χ1v) is 10.0. The Hall–Kier alpha value is -1.06. The topological polar surface area (TPSA) is 58.2 Å². The summed E-state index contributed by atoms with van der Waals surface area (Å²) in [7, 11) is 0. The largest absolute Gasteiger partial charge is 0.356 e. The van der Waals surface area contributed by atoms with Crippen LogP contribution in [0.1, 0.15) is 97.8 Å². The molecule has 1 rings (SSSR count). The number of hydrogen-bond donors (Lipinski definition) is 2. The molecule has 4 nitrogen and oxygen atoms in total. The van der Waals surface area contributed by atoms with Crippen LogP contribution in [0.2, 0.25) is 0 Å². The highest BCUT2D eigenvalue weighted by atomic mass is 16.2. The third-order valence-electron chi connectivity index (χ3n) is 5.09. The van der Waals surface area contributed by atoms with Gasteiger partial charge in [0.25, 0.3) is 0 Å². The van der Waals surface area contributed by atoms with Gasteiger partial charge in [-0.1, -0.05) is 72.1 Å². The van der Waals surface area contributed by atoms with Crippen LogP contribution in [0.25, 0.3) is 0 Å². The maximum atomic E-state index is 12.5. The van der Waals surface area contributed by atoms with Crippen molar-refractivity contribution in [3.05, 3.63) is 0 Å². The average molecular weight is 339 g/mol. The third kappa shape index (κ3) is 8.70. The summed E-state index contributed by atoms with van der Waals surface area (Å²) in [5, 5.41) is 5.97. The molecule has 24 heavy (non-hydrogen) atoms. The second-order valence-corrected chi connectivity index (χ2v) is 7.98. The van der Waals surface area contributed by atoms with Crippen molar-refractivity contribution in [1.29, 1.82) is 0 Å².